The van der Waals surface area contributed by atoms with Crippen LogP contribution in [0.2, 0.25) is 36.3 Å². The molecule has 0 heterocycles. The van der Waals surface area contributed by atoms with Crippen LogP contribution in [-0.2, 0) is 13.6 Å². The molecule has 0 aromatic rings. The Morgan fingerprint density at radius 2 is 0.707 bits per heavy atom. The van der Waals surface area contributed by atoms with E-state index in [1.165, 1.54) is 180 Å². The third-order valence-corrected chi connectivity index (χ3v) is 22.9. The van der Waals surface area contributed by atoms with Gasteiger partial charge in [-0.3, -0.25) is 9.69 Å². The number of carbonyl (C=O) groups is 1. The number of aliphatic carboxylic acids is 1. The molecule has 5 nitrogen and oxygen atoms in total. The molecule has 7 heteroatoms. The van der Waals surface area contributed by atoms with Crippen molar-refractivity contribution in [2.24, 2.45) is 0 Å². The van der Waals surface area contributed by atoms with Crippen molar-refractivity contribution in [1.82, 2.24) is 4.90 Å². The molecule has 0 aliphatic heterocycles. The van der Waals surface area contributed by atoms with Gasteiger partial charge in [-0.1, -0.05) is 235 Å². The zero-order valence-electron chi connectivity index (χ0n) is 41.8. The van der Waals surface area contributed by atoms with Crippen molar-refractivity contribution in [3.8, 4) is 0 Å². The summed E-state index contributed by atoms with van der Waals surface area (Å²) in [5.74, 6) is -0.715. The molecule has 1 N–H and O–H groups in total. The Morgan fingerprint density at radius 1 is 0.466 bits per heavy atom. The van der Waals surface area contributed by atoms with Crippen LogP contribution in [0.25, 0.3) is 0 Å². The molecule has 0 saturated heterocycles. The lowest BCUT2D eigenvalue weighted by Crippen LogP contribution is -2.50. The Morgan fingerprint density at radius 3 is 0.931 bits per heavy atom. The second-order valence-electron chi connectivity index (χ2n) is 21.7. The fourth-order valence-corrected chi connectivity index (χ4v) is 10.5. The lowest BCUT2D eigenvalue weighted by atomic mass is 10.0. The van der Waals surface area contributed by atoms with E-state index in [4.69, 9.17) is 8.85 Å². The van der Waals surface area contributed by atoms with Gasteiger partial charge in [0.05, 0.1) is 18.6 Å². The first-order valence-corrected chi connectivity index (χ1v) is 31.5. The average Bonchev–Trinajstić information content (AvgIpc) is 3.12. The lowest BCUT2D eigenvalue weighted by Gasteiger charge is -2.42. The number of hydrogen-bond acceptors (Lipinski definition) is 4. The largest absolute Gasteiger partial charge is 0.481 e. The van der Waals surface area contributed by atoms with Gasteiger partial charge in [0.2, 0.25) is 0 Å². The first-order chi connectivity index (χ1) is 27.4. The fraction of sp³-hybridized carbons (Fsp3) is 0.980. The van der Waals surface area contributed by atoms with Gasteiger partial charge in [-0.2, -0.15) is 0 Å². The molecule has 0 saturated carbocycles. The normalized spacial score (nSPS) is 14.1. The van der Waals surface area contributed by atoms with Crippen LogP contribution < -0.4 is 0 Å². The van der Waals surface area contributed by atoms with Gasteiger partial charge in [0.1, 0.15) is 0 Å². The zero-order valence-corrected chi connectivity index (χ0v) is 43.8. The van der Waals surface area contributed by atoms with E-state index < -0.39 is 22.6 Å². The van der Waals surface area contributed by atoms with Crippen LogP contribution in [0.4, 0.5) is 0 Å². The molecule has 0 aliphatic rings. The van der Waals surface area contributed by atoms with Crippen LogP contribution in [0.15, 0.2) is 0 Å². The van der Waals surface area contributed by atoms with Gasteiger partial charge in [0.15, 0.2) is 16.6 Å². The predicted octanol–water partition coefficient (Wildman–Crippen LogP) is 17.3. The van der Waals surface area contributed by atoms with Crippen LogP contribution in [0, 0.1) is 0 Å². The van der Waals surface area contributed by atoms with Crippen molar-refractivity contribution < 1.29 is 18.8 Å². The average molecular weight is 855 g/mol. The summed E-state index contributed by atoms with van der Waals surface area (Å²) in [4.78, 5) is 14.4. The standard InChI is InChI=1S/C51H107NO4Si2/c1-13-15-17-19-21-23-25-27-29-31-33-35-37-39-41-47(55-57(9,10)50(3,4)5)45-52(44-43-49(53)54)46-48(56-58(11,12)51(6,7)8)42-40-38-36-34-32-30-28-26-24-22-20-18-16-14-2/h47-48H,13-46H2,1-12H3,(H,53,54). The fourth-order valence-electron chi connectivity index (χ4n) is 7.78. The van der Waals surface area contributed by atoms with Gasteiger partial charge in [-0.15, -0.1) is 0 Å². The summed E-state index contributed by atoms with van der Waals surface area (Å²) >= 11 is 0. The molecule has 0 aliphatic carbocycles. The molecule has 58 heavy (non-hydrogen) atoms. The molecule has 0 radical (unpaired) electrons. The molecule has 0 fully saturated rings. The Balaban J connectivity index is 5.33. The molecule has 2 atom stereocenters. The molecular formula is C51H107NO4Si2. The van der Waals surface area contributed by atoms with Crippen molar-refractivity contribution in [2.45, 2.75) is 303 Å². The Bertz CT molecular complexity index is 878. The maximum absolute atomic E-state index is 12.0. The van der Waals surface area contributed by atoms with Crippen molar-refractivity contribution >= 4 is 22.6 Å². The number of rotatable bonds is 41. The number of carboxylic acid groups (broad SMARTS) is 1. The van der Waals surface area contributed by atoms with E-state index in [1.807, 2.05) is 0 Å². The van der Waals surface area contributed by atoms with E-state index in [1.54, 1.807) is 0 Å². The first-order valence-electron chi connectivity index (χ1n) is 25.7. The Hall–Kier alpha value is -0.216. The van der Waals surface area contributed by atoms with Crippen LogP contribution in [0.1, 0.15) is 254 Å². The minimum atomic E-state index is -2.01. The highest BCUT2D eigenvalue weighted by molar-refractivity contribution is 6.74. The molecule has 0 bridgehead atoms. The molecule has 348 valence electrons. The minimum Gasteiger partial charge on any atom is -0.481 e. The highest BCUT2D eigenvalue weighted by Crippen LogP contribution is 2.39. The van der Waals surface area contributed by atoms with E-state index in [-0.39, 0.29) is 28.7 Å². The molecule has 0 aromatic heterocycles. The first kappa shape index (κ1) is 57.8. The maximum Gasteiger partial charge on any atom is 0.304 e. The number of unbranched alkanes of at least 4 members (excludes halogenated alkanes) is 26. The van der Waals surface area contributed by atoms with Gasteiger partial charge in [0, 0.05) is 19.6 Å². The number of carboxylic acids is 1. The van der Waals surface area contributed by atoms with Gasteiger partial charge in [-0.05, 0) is 49.1 Å². The van der Waals surface area contributed by atoms with E-state index in [2.05, 4.69) is 86.5 Å². The second-order valence-corrected chi connectivity index (χ2v) is 31.2. The van der Waals surface area contributed by atoms with Crippen LogP contribution in [-0.4, -0.2) is 64.5 Å². The number of hydrogen-bond donors (Lipinski definition) is 1. The van der Waals surface area contributed by atoms with Crippen molar-refractivity contribution in [2.75, 3.05) is 19.6 Å². The van der Waals surface area contributed by atoms with Crippen LogP contribution in [0.3, 0.4) is 0 Å². The van der Waals surface area contributed by atoms with E-state index in [0.717, 1.165) is 25.9 Å². The molecule has 0 spiro atoms. The van der Waals surface area contributed by atoms with Crippen molar-refractivity contribution in [3.63, 3.8) is 0 Å². The SMILES string of the molecule is CCCCCCCCCCCCCCCCC(CN(CCC(=O)O)CC(CCCCCCCCCCCCCCCC)O[Si](C)(C)C(C)(C)C)O[Si](C)(C)C(C)(C)C. The summed E-state index contributed by atoms with van der Waals surface area (Å²) < 4.78 is 14.4. The van der Waals surface area contributed by atoms with Crippen molar-refractivity contribution in [3.05, 3.63) is 0 Å². The van der Waals surface area contributed by atoms with E-state index >= 15 is 0 Å². The predicted molar refractivity (Wildman–Crippen MR) is 263 cm³/mol. The third-order valence-electron chi connectivity index (χ3n) is 13.9. The molecular weight excluding hydrogens is 747 g/mol. The second kappa shape index (κ2) is 34.3. The smallest absolute Gasteiger partial charge is 0.304 e. The number of nitrogens with zero attached hydrogens (tertiary/aromatic N) is 1. The van der Waals surface area contributed by atoms with Crippen molar-refractivity contribution in [1.29, 1.82) is 0 Å². The summed E-state index contributed by atoms with van der Waals surface area (Å²) in [6.45, 7) is 30.3. The zero-order chi connectivity index (χ0) is 43.8. The summed E-state index contributed by atoms with van der Waals surface area (Å²) in [5, 5.41) is 10.1. The van der Waals surface area contributed by atoms with Crippen LogP contribution >= 0.6 is 0 Å². The van der Waals surface area contributed by atoms with Crippen LogP contribution in [0.5, 0.6) is 0 Å². The highest BCUT2D eigenvalue weighted by atomic mass is 28.4. The highest BCUT2D eigenvalue weighted by Gasteiger charge is 2.41. The monoisotopic (exact) mass is 854 g/mol. The summed E-state index contributed by atoms with van der Waals surface area (Å²) in [5.41, 5.74) is 0. The topological polar surface area (TPSA) is 59.0 Å². The summed E-state index contributed by atoms with van der Waals surface area (Å²) in [6.07, 6.45) is 40.8. The molecule has 0 rings (SSSR count). The van der Waals surface area contributed by atoms with Gasteiger partial charge >= 0.3 is 5.97 Å². The maximum atomic E-state index is 12.0. The Kier molecular flexibility index (Phi) is 34.2. The van der Waals surface area contributed by atoms with Gasteiger partial charge in [-0.25, -0.2) is 0 Å². The van der Waals surface area contributed by atoms with Gasteiger partial charge < -0.3 is 14.0 Å². The minimum absolute atomic E-state index is 0.126. The molecule has 0 amide bonds. The molecule has 0 aromatic carbocycles. The Labute approximate surface area is 367 Å². The lowest BCUT2D eigenvalue weighted by molar-refractivity contribution is -0.137. The summed E-state index contributed by atoms with van der Waals surface area (Å²) in [6, 6.07) is 0. The van der Waals surface area contributed by atoms with E-state index in [9.17, 15) is 9.90 Å². The van der Waals surface area contributed by atoms with E-state index in [0.29, 0.717) is 6.54 Å². The quantitative estimate of drug-likeness (QED) is 0.0490. The summed E-state index contributed by atoms with van der Waals surface area (Å²) in [7, 11) is -4.02. The van der Waals surface area contributed by atoms with Gasteiger partial charge in [0.25, 0.3) is 0 Å². The third kappa shape index (κ3) is 31.6. The molecule has 2 unspecified atom stereocenters.